The number of benzene rings is 2. The molecule has 31 heavy (non-hydrogen) atoms. The molecule has 0 aromatic heterocycles. The van der Waals surface area contributed by atoms with E-state index >= 15 is 0 Å². The highest BCUT2D eigenvalue weighted by molar-refractivity contribution is 7.89. The summed E-state index contributed by atoms with van der Waals surface area (Å²) < 4.78 is 31.2. The molecule has 0 spiro atoms. The van der Waals surface area contributed by atoms with Crippen molar-refractivity contribution in [2.75, 3.05) is 19.7 Å². The van der Waals surface area contributed by atoms with Crippen LogP contribution in [0.5, 0.6) is 0 Å². The van der Waals surface area contributed by atoms with Crippen molar-refractivity contribution in [3.05, 3.63) is 70.8 Å². The smallest absolute Gasteiger partial charge is 0.331 e. The van der Waals surface area contributed by atoms with Gasteiger partial charge >= 0.3 is 5.97 Å². The van der Waals surface area contributed by atoms with E-state index < -0.39 is 28.5 Å². The molecule has 9 heteroatoms. The first-order chi connectivity index (χ1) is 14.8. The Bertz CT molecular complexity index is 1010. The summed E-state index contributed by atoms with van der Waals surface area (Å²) in [5.74, 6) is -1.11. The Kier molecular flexibility index (Phi) is 9.23. The molecule has 2 aromatic carbocycles. The standard InChI is InChI=1S/C22H25ClN2O5S/c1-3-25(4-2)31(28,29)20-12-7-17(8-13-20)9-14-22(27)30-16-21(26)24-15-18-5-10-19(23)11-6-18/h5-14H,3-4,15-16H2,1-2H3,(H,24,26)/b14-9+. The van der Waals surface area contributed by atoms with Gasteiger partial charge in [0.05, 0.1) is 4.90 Å². The summed E-state index contributed by atoms with van der Waals surface area (Å²) in [6, 6.07) is 13.2. The molecule has 0 unspecified atom stereocenters. The maximum atomic E-state index is 12.5. The molecule has 0 saturated carbocycles. The van der Waals surface area contributed by atoms with Crippen LogP contribution in [0.3, 0.4) is 0 Å². The first-order valence-corrected chi connectivity index (χ1v) is 11.5. The molecule has 0 aliphatic rings. The highest BCUT2D eigenvalue weighted by Crippen LogP contribution is 2.16. The number of sulfonamides is 1. The van der Waals surface area contributed by atoms with Crippen LogP contribution in [0.4, 0.5) is 0 Å². The summed E-state index contributed by atoms with van der Waals surface area (Å²) >= 11 is 5.81. The molecule has 2 aromatic rings. The molecule has 0 atom stereocenters. The first-order valence-electron chi connectivity index (χ1n) is 9.72. The second-order valence-electron chi connectivity index (χ2n) is 6.50. The van der Waals surface area contributed by atoms with Crippen LogP contribution >= 0.6 is 11.6 Å². The Hall–Kier alpha value is -2.68. The third kappa shape index (κ3) is 7.50. The highest BCUT2D eigenvalue weighted by atomic mass is 35.5. The van der Waals surface area contributed by atoms with Gasteiger partial charge in [0.15, 0.2) is 6.61 Å². The number of rotatable bonds is 10. The van der Waals surface area contributed by atoms with Crippen molar-refractivity contribution in [2.24, 2.45) is 0 Å². The van der Waals surface area contributed by atoms with Crippen molar-refractivity contribution in [3.63, 3.8) is 0 Å². The molecule has 166 valence electrons. The van der Waals surface area contributed by atoms with Crippen molar-refractivity contribution in [1.29, 1.82) is 0 Å². The summed E-state index contributed by atoms with van der Waals surface area (Å²) in [5.41, 5.74) is 1.50. The summed E-state index contributed by atoms with van der Waals surface area (Å²) in [5, 5.41) is 3.25. The molecule has 0 heterocycles. The lowest BCUT2D eigenvalue weighted by Gasteiger charge is -2.18. The number of esters is 1. The quantitative estimate of drug-likeness (QED) is 0.430. The van der Waals surface area contributed by atoms with E-state index in [0.717, 1.165) is 5.56 Å². The van der Waals surface area contributed by atoms with Crippen LogP contribution in [0.2, 0.25) is 5.02 Å². The van der Waals surface area contributed by atoms with Gasteiger partial charge in [0.2, 0.25) is 10.0 Å². The minimum atomic E-state index is -3.53. The Morgan fingerprint density at radius 1 is 1.03 bits per heavy atom. The zero-order valence-corrected chi connectivity index (χ0v) is 18.9. The van der Waals surface area contributed by atoms with E-state index in [2.05, 4.69) is 5.32 Å². The van der Waals surface area contributed by atoms with Crippen molar-refractivity contribution >= 4 is 39.6 Å². The topological polar surface area (TPSA) is 92.8 Å². The number of halogens is 1. The van der Waals surface area contributed by atoms with E-state index in [1.165, 1.54) is 28.6 Å². The Labute approximate surface area is 187 Å². The van der Waals surface area contributed by atoms with E-state index in [1.54, 1.807) is 50.2 Å². The van der Waals surface area contributed by atoms with Crippen LogP contribution in [0, 0.1) is 0 Å². The fourth-order valence-electron chi connectivity index (χ4n) is 2.67. The van der Waals surface area contributed by atoms with Crippen LogP contribution in [0.25, 0.3) is 6.08 Å². The lowest BCUT2D eigenvalue weighted by atomic mass is 10.2. The summed E-state index contributed by atoms with van der Waals surface area (Å²) in [4.78, 5) is 23.8. The maximum Gasteiger partial charge on any atom is 0.331 e. The average Bonchev–Trinajstić information content (AvgIpc) is 2.76. The fourth-order valence-corrected chi connectivity index (χ4v) is 4.25. The van der Waals surface area contributed by atoms with Crippen LogP contribution < -0.4 is 5.32 Å². The number of nitrogens with zero attached hydrogens (tertiary/aromatic N) is 1. The SMILES string of the molecule is CCN(CC)S(=O)(=O)c1ccc(/C=C/C(=O)OCC(=O)NCc2ccc(Cl)cc2)cc1. The second-order valence-corrected chi connectivity index (χ2v) is 8.88. The fraction of sp³-hybridized carbons (Fsp3) is 0.273. The molecule has 0 fully saturated rings. The predicted octanol–water partition coefficient (Wildman–Crippen LogP) is 3.24. The Balaban J connectivity index is 1.83. The van der Waals surface area contributed by atoms with Crippen molar-refractivity contribution in [2.45, 2.75) is 25.3 Å². The summed E-state index contributed by atoms with van der Waals surface area (Å²) in [7, 11) is -3.53. The largest absolute Gasteiger partial charge is 0.452 e. The minimum absolute atomic E-state index is 0.188. The molecule has 2 rings (SSSR count). The number of nitrogens with one attached hydrogen (secondary N) is 1. The normalized spacial score (nSPS) is 11.6. The van der Waals surface area contributed by atoms with Crippen molar-refractivity contribution in [3.8, 4) is 0 Å². The van der Waals surface area contributed by atoms with E-state index in [4.69, 9.17) is 16.3 Å². The molecule has 7 nitrogen and oxygen atoms in total. The summed E-state index contributed by atoms with van der Waals surface area (Å²) in [6.45, 7) is 4.23. The second kappa shape index (κ2) is 11.6. The van der Waals surface area contributed by atoms with Gasteiger partial charge in [-0.25, -0.2) is 13.2 Å². The molecule has 0 aliphatic carbocycles. The molecular weight excluding hydrogens is 440 g/mol. The molecule has 0 radical (unpaired) electrons. The van der Waals surface area contributed by atoms with Crippen LogP contribution in [-0.2, 0) is 30.9 Å². The lowest BCUT2D eigenvalue weighted by molar-refractivity contribution is -0.143. The number of hydrogen-bond donors (Lipinski definition) is 1. The van der Waals surface area contributed by atoms with Gasteiger partial charge in [-0.2, -0.15) is 4.31 Å². The molecular formula is C22H25ClN2O5S. The summed E-state index contributed by atoms with van der Waals surface area (Å²) in [6.07, 6.45) is 2.67. The van der Waals surface area contributed by atoms with Crippen molar-refractivity contribution in [1.82, 2.24) is 9.62 Å². The molecule has 0 aliphatic heterocycles. The highest BCUT2D eigenvalue weighted by Gasteiger charge is 2.20. The zero-order chi connectivity index (χ0) is 22.9. The predicted molar refractivity (Wildman–Crippen MR) is 120 cm³/mol. The monoisotopic (exact) mass is 464 g/mol. The van der Waals surface area contributed by atoms with E-state index in [0.29, 0.717) is 30.2 Å². The molecule has 1 amide bonds. The third-order valence-corrected chi connectivity index (χ3v) is 6.70. The average molecular weight is 465 g/mol. The van der Waals surface area contributed by atoms with Crippen molar-refractivity contribution < 1.29 is 22.7 Å². The van der Waals surface area contributed by atoms with E-state index in [9.17, 15) is 18.0 Å². The van der Waals surface area contributed by atoms with Crippen LogP contribution in [-0.4, -0.2) is 44.3 Å². The lowest BCUT2D eigenvalue weighted by Crippen LogP contribution is -2.30. The van der Waals surface area contributed by atoms with Crippen LogP contribution in [0.1, 0.15) is 25.0 Å². The van der Waals surface area contributed by atoms with E-state index in [-0.39, 0.29) is 4.90 Å². The first kappa shape index (κ1) is 24.6. The maximum absolute atomic E-state index is 12.5. The minimum Gasteiger partial charge on any atom is -0.452 e. The third-order valence-electron chi connectivity index (χ3n) is 4.38. The van der Waals surface area contributed by atoms with E-state index in [1.807, 2.05) is 0 Å². The van der Waals surface area contributed by atoms with Gasteiger partial charge in [-0.05, 0) is 41.5 Å². The van der Waals surface area contributed by atoms with Crippen LogP contribution in [0.15, 0.2) is 59.5 Å². The molecule has 0 saturated heterocycles. The number of carbonyl (C=O) groups is 2. The Morgan fingerprint density at radius 2 is 1.65 bits per heavy atom. The van der Waals surface area contributed by atoms with Gasteiger partial charge in [0, 0.05) is 30.7 Å². The molecule has 1 N–H and O–H groups in total. The van der Waals surface area contributed by atoms with Gasteiger partial charge in [0.1, 0.15) is 0 Å². The van der Waals surface area contributed by atoms with Gasteiger partial charge in [-0.3, -0.25) is 4.79 Å². The van der Waals surface area contributed by atoms with Gasteiger partial charge in [0.25, 0.3) is 5.91 Å². The van der Waals surface area contributed by atoms with Gasteiger partial charge in [-0.15, -0.1) is 0 Å². The number of amides is 1. The number of carbonyl (C=O) groups excluding carboxylic acids is 2. The number of ether oxygens (including phenoxy) is 1. The Morgan fingerprint density at radius 3 is 2.23 bits per heavy atom. The van der Waals surface area contributed by atoms with Gasteiger partial charge < -0.3 is 10.1 Å². The molecule has 0 bridgehead atoms. The number of hydrogen-bond acceptors (Lipinski definition) is 5. The van der Waals surface area contributed by atoms with Gasteiger partial charge in [-0.1, -0.05) is 49.7 Å². The zero-order valence-electron chi connectivity index (χ0n) is 17.4.